The predicted molar refractivity (Wildman–Crippen MR) is 176 cm³/mol. The molecule has 3 atom stereocenters. The van der Waals surface area contributed by atoms with E-state index < -0.39 is 24.0 Å². The Kier molecular flexibility index (Phi) is 11.2. The molecule has 0 bridgehead atoms. The van der Waals surface area contributed by atoms with E-state index in [1.54, 1.807) is 17.8 Å². The highest BCUT2D eigenvalue weighted by atomic mass is 32.2. The number of carbonyl (C=O) groups excluding carboxylic acids is 1. The van der Waals surface area contributed by atoms with Crippen molar-refractivity contribution in [3.05, 3.63) is 131 Å². The van der Waals surface area contributed by atoms with Gasteiger partial charge in [0.25, 0.3) is 0 Å². The molecule has 2 amide bonds. The first-order valence-corrected chi connectivity index (χ1v) is 16.0. The number of benzene rings is 4. The number of carboxylic acid groups (broad SMARTS) is 1. The number of hydrogen-bond donors (Lipinski definition) is 4. The second-order valence-corrected chi connectivity index (χ2v) is 12.0. The van der Waals surface area contributed by atoms with Crippen molar-refractivity contribution in [3.8, 4) is 6.07 Å². The van der Waals surface area contributed by atoms with Crippen LogP contribution in [-0.2, 0) is 16.0 Å². The molecule has 1 heterocycles. The number of morpholine rings is 1. The Balaban J connectivity index is 1.25. The van der Waals surface area contributed by atoms with Gasteiger partial charge in [-0.3, -0.25) is 4.79 Å². The number of aryl methyl sites for hydroxylation is 1. The van der Waals surface area contributed by atoms with E-state index >= 15 is 0 Å². The minimum absolute atomic E-state index is 0.000479. The van der Waals surface area contributed by atoms with Crippen LogP contribution in [-0.4, -0.2) is 54.2 Å². The van der Waals surface area contributed by atoms with Crippen LogP contribution in [0.4, 0.5) is 10.5 Å². The van der Waals surface area contributed by atoms with Gasteiger partial charge in [-0.15, -0.1) is 11.8 Å². The Bertz CT molecular complexity index is 1570. The fraction of sp³-hybridized carbons (Fsp3) is 0.250. The van der Waals surface area contributed by atoms with Crippen molar-refractivity contribution in [1.29, 1.82) is 5.26 Å². The molecule has 1 unspecified atom stereocenters. The average Bonchev–Trinajstić information content (AvgIpc) is 3.08. The maximum Gasteiger partial charge on any atom is 0.405 e. The molecule has 5 rings (SSSR count). The zero-order chi connectivity index (χ0) is 31.4. The number of anilines is 1. The number of thioether (sulfide) groups is 1. The highest BCUT2D eigenvalue weighted by Crippen LogP contribution is 2.30. The molecule has 0 aromatic heterocycles. The summed E-state index contributed by atoms with van der Waals surface area (Å²) in [7, 11) is 0. The van der Waals surface area contributed by atoms with Crippen molar-refractivity contribution >= 4 is 29.4 Å². The Morgan fingerprint density at radius 2 is 1.58 bits per heavy atom. The molecule has 4 aromatic rings. The lowest BCUT2D eigenvalue weighted by atomic mass is 9.84. The Hall–Kier alpha value is -4.62. The molecule has 4 aromatic carbocycles. The van der Waals surface area contributed by atoms with E-state index in [1.807, 2.05) is 103 Å². The van der Waals surface area contributed by atoms with Gasteiger partial charge in [0.2, 0.25) is 5.91 Å². The summed E-state index contributed by atoms with van der Waals surface area (Å²) in [5.41, 5.74) is 3.90. The molecule has 0 aliphatic carbocycles. The first-order valence-electron chi connectivity index (χ1n) is 15.0. The molecule has 0 spiro atoms. The Labute approximate surface area is 267 Å². The van der Waals surface area contributed by atoms with Gasteiger partial charge in [-0.1, -0.05) is 84.9 Å². The summed E-state index contributed by atoms with van der Waals surface area (Å²) in [5.74, 6) is -0.197. The highest BCUT2D eigenvalue weighted by molar-refractivity contribution is 7.99. The SMILES string of the molecule is N#Cc1cccc(SC[C@@H]2CNC[C@@H](CCc3ccccc3NC(=O)C(NC(=O)O)C(c3ccccc3)c3ccccc3)O2)c1. The number of amides is 2. The van der Waals surface area contributed by atoms with Crippen molar-refractivity contribution in [3.63, 3.8) is 0 Å². The van der Waals surface area contributed by atoms with Gasteiger partial charge in [-0.25, -0.2) is 4.79 Å². The van der Waals surface area contributed by atoms with E-state index in [0.717, 1.165) is 46.8 Å². The molecule has 9 heteroatoms. The number of rotatable bonds is 12. The standard InChI is InChI=1S/C36H36N4O4S/c37-21-25-10-9-16-31(20-25)45-24-30-23-38-22-29(44-30)19-18-26-11-7-8-17-32(26)39-35(41)34(40-36(42)43)33(27-12-3-1-4-13-27)28-14-5-2-6-15-28/h1-17,20,29-30,33-34,38,40H,18-19,22-24H2,(H,39,41)(H,42,43)/t29-,30+,34?/m1/s1. The average molecular weight is 621 g/mol. The fourth-order valence-electron chi connectivity index (χ4n) is 5.61. The van der Waals surface area contributed by atoms with Crippen LogP contribution in [0.5, 0.6) is 0 Å². The van der Waals surface area contributed by atoms with Crippen LogP contribution in [0.2, 0.25) is 0 Å². The van der Waals surface area contributed by atoms with Crippen LogP contribution in [0.1, 0.15) is 34.6 Å². The third-order valence-corrected chi connectivity index (χ3v) is 8.88. The van der Waals surface area contributed by atoms with Crippen molar-refractivity contribution in [2.45, 2.75) is 41.9 Å². The second kappa shape index (κ2) is 15.9. The molecule has 1 aliphatic heterocycles. The quantitative estimate of drug-likeness (QED) is 0.142. The predicted octanol–water partition coefficient (Wildman–Crippen LogP) is 6.05. The third kappa shape index (κ3) is 8.96. The van der Waals surface area contributed by atoms with Crippen LogP contribution < -0.4 is 16.0 Å². The van der Waals surface area contributed by atoms with Gasteiger partial charge in [0.05, 0.1) is 23.8 Å². The molecule has 0 saturated carbocycles. The molecule has 8 nitrogen and oxygen atoms in total. The molecular formula is C36H36N4O4S. The number of carbonyl (C=O) groups is 2. The van der Waals surface area contributed by atoms with E-state index in [2.05, 4.69) is 22.0 Å². The van der Waals surface area contributed by atoms with Crippen LogP contribution in [0.15, 0.2) is 114 Å². The molecule has 4 N–H and O–H groups in total. The van der Waals surface area contributed by atoms with Crippen molar-refractivity contribution in [2.75, 3.05) is 24.2 Å². The van der Waals surface area contributed by atoms with E-state index in [1.165, 1.54) is 0 Å². The van der Waals surface area contributed by atoms with Gasteiger partial charge in [-0.05, 0) is 53.8 Å². The summed E-state index contributed by atoms with van der Waals surface area (Å²) < 4.78 is 6.41. The lowest BCUT2D eigenvalue weighted by molar-refractivity contribution is -0.118. The van der Waals surface area contributed by atoms with Crippen molar-refractivity contribution < 1.29 is 19.4 Å². The van der Waals surface area contributed by atoms with Gasteiger partial charge in [-0.2, -0.15) is 5.26 Å². The van der Waals surface area contributed by atoms with Crippen molar-refractivity contribution in [1.82, 2.24) is 10.6 Å². The highest BCUT2D eigenvalue weighted by Gasteiger charge is 2.33. The van der Waals surface area contributed by atoms with Gasteiger partial charge < -0.3 is 25.8 Å². The number of ether oxygens (including phenoxy) is 1. The summed E-state index contributed by atoms with van der Waals surface area (Å²) in [6, 6.07) is 35.3. The Morgan fingerprint density at radius 3 is 2.27 bits per heavy atom. The summed E-state index contributed by atoms with van der Waals surface area (Å²) in [5, 5.41) is 27.9. The zero-order valence-corrected chi connectivity index (χ0v) is 25.6. The van der Waals surface area contributed by atoms with Gasteiger partial charge in [0.1, 0.15) is 6.04 Å². The molecule has 45 heavy (non-hydrogen) atoms. The van der Waals surface area contributed by atoms with E-state index in [-0.39, 0.29) is 12.2 Å². The number of nitriles is 1. The summed E-state index contributed by atoms with van der Waals surface area (Å²) in [4.78, 5) is 26.9. The number of hydrogen-bond acceptors (Lipinski definition) is 6. The molecule has 1 aliphatic rings. The number of nitrogens with zero attached hydrogens (tertiary/aromatic N) is 1. The first-order chi connectivity index (χ1) is 22.0. The minimum atomic E-state index is -1.27. The smallest absolute Gasteiger partial charge is 0.405 e. The normalized spacial score (nSPS) is 16.8. The minimum Gasteiger partial charge on any atom is -0.465 e. The first kappa shape index (κ1) is 31.8. The van der Waals surface area contributed by atoms with Crippen LogP contribution in [0, 0.1) is 11.3 Å². The van der Waals surface area contributed by atoms with Gasteiger partial charge >= 0.3 is 6.09 Å². The van der Waals surface area contributed by atoms with Crippen LogP contribution >= 0.6 is 11.8 Å². The number of nitrogens with one attached hydrogen (secondary N) is 3. The summed E-state index contributed by atoms with van der Waals surface area (Å²) in [6.07, 6.45) is 0.182. The monoisotopic (exact) mass is 620 g/mol. The van der Waals surface area contributed by atoms with Crippen LogP contribution in [0.3, 0.4) is 0 Å². The van der Waals surface area contributed by atoms with Crippen molar-refractivity contribution in [2.24, 2.45) is 0 Å². The summed E-state index contributed by atoms with van der Waals surface area (Å²) in [6.45, 7) is 1.50. The fourth-order valence-corrected chi connectivity index (χ4v) is 6.57. The molecule has 230 valence electrons. The second-order valence-electron chi connectivity index (χ2n) is 10.9. The lowest BCUT2D eigenvalue weighted by Gasteiger charge is -2.31. The van der Waals surface area contributed by atoms with E-state index in [0.29, 0.717) is 17.7 Å². The lowest BCUT2D eigenvalue weighted by Crippen LogP contribution is -2.47. The van der Waals surface area contributed by atoms with Crippen LogP contribution in [0.25, 0.3) is 0 Å². The molecule has 1 saturated heterocycles. The largest absolute Gasteiger partial charge is 0.465 e. The molecule has 1 fully saturated rings. The van der Waals surface area contributed by atoms with E-state index in [9.17, 15) is 20.0 Å². The van der Waals surface area contributed by atoms with Gasteiger partial charge in [0.15, 0.2) is 0 Å². The summed E-state index contributed by atoms with van der Waals surface area (Å²) >= 11 is 1.68. The van der Waals surface area contributed by atoms with Gasteiger partial charge in [0, 0.05) is 35.3 Å². The third-order valence-electron chi connectivity index (χ3n) is 7.75. The topological polar surface area (TPSA) is 123 Å². The molecular weight excluding hydrogens is 584 g/mol. The number of para-hydroxylation sites is 1. The maximum atomic E-state index is 13.9. The molecule has 0 radical (unpaired) electrons. The zero-order valence-electron chi connectivity index (χ0n) is 24.8. The Morgan fingerprint density at radius 1 is 0.911 bits per heavy atom. The maximum absolute atomic E-state index is 13.9. The van der Waals surface area contributed by atoms with E-state index in [4.69, 9.17) is 4.74 Å².